The Morgan fingerprint density at radius 3 is 2.26 bits per heavy atom. The summed E-state index contributed by atoms with van der Waals surface area (Å²) in [6.07, 6.45) is 10.1. The molecule has 0 amide bonds. The van der Waals surface area contributed by atoms with Crippen molar-refractivity contribution >= 4 is 5.71 Å². The standard InChI is InChI=1S/C24H33NO2/c1-3-4-5-6-7-8-10-13-20-16-17-23(26)22(18-20)19(2)24(25-27)21-14-11-9-12-15-21/h9,11-12,14-19,26-27H,3-8,10,13H2,1-2H3. The highest BCUT2D eigenvalue weighted by molar-refractivity contribution is 6.04. The first-order chi connectivity index (χ1) is 13.2. The molecule has 0 radical (unpaired) electrons. The van der Waals surface area contributed by atoms with Crippen molar-refractivity contribution in [2.75, 3.05) is 0 Å². The van der Waals surface area contributed by atoms with Gasteiger partial charge in [0.05, 0.1) is 5.71 Å². The minimum absolute atomic E-state index is 0.189. The van der Waals surface area contributed by atoms with Gasteiger partial charge in [0.2, 0.25) is 0 Å². The van der Waals surface area contributed by atoms with E-state index < -0.39 is 0 Å². The van der Waals surface area contributed by atoms with Gasteiger partial charge in [-0.3, -0.25) is 0 Å². The van der Waals surface area contributed by atoms with Gasteiger partial charge in [-0.05, 0) is 30.0 Å². The molecular formula is C24H33NO2. The molecule has 0 saturated heterocycles. The average molecular weight is 368 g/mol. The quantitative estimate of drug-likeness (QED) is 0.202. The Kier molecular flexibility index (Phi) is 8.90. The van der Waals surface area contributed by atoms with Crippen LogP contribution >= 0.6 is 0 Å². The highest BCUT2D eigenvalue weighted by atomic mass is 16.4. The van der Waals surface area contributed by atoms with E-state index in [2.05, 4.69) is 18.1 Å². The third kappa shape index (κ3) is 6.42. The summed E-state index contributed by atoms with van der Waals surface area (Å²) in [4.78, 5) is 0. The van der Waals surface area contributed by atoms with Crippen molar-refractivity contribution < 1.29 is 10.3 Å². The van der Waals surface area contributed by atoms with Crippen LogP contribution in [0.15, 0.2) is 53.7 Å². The second kappa shape index (κ2) is 11.4. The minimum Gasteiger partial charge on any atom is -0.508 e. The number of oxime groups is 1. The Labute approximate surface area is 163 Å². The molecular weight excluding hydrogens is 334 g/mol. The summed E-state index contributed by atoms with van der Waals surface area (Å²) in [5.74, 6) is 0.0642. The lowest BCUT2D eigenvalue weighted by Gasteiger charge is -2.17. The molecule has 0 aliphatic rings. The number of hydrogen-bond acceptors (Lipinski definition) is 3. The molecule has 0 heterocycles. The van der Waals surface area contributed by atoms with E-state index in [-0.39, 0.29) is 11.7 Å². The molecule has 2 aromatic carbocycles. The fourth-order valence-corrected chi connectivity index (χ4v) is 3.54. The number of unbranched alkanes of at least 4 members (excludes halogenated alkanes) is 6. The first kappa shape index (κ1) is 21.0. The first-order valence-corrected chi connectivity index (χ1v) is 10.3. The Morgan fingerprint density at radius 1 is 0.926 bits per heavy atom. The van der Waals surface area contributed by atoms with E-state index in [4.69, 9.17) is 0 Å². The number of phenolic OH excluding ortho intramolecular Hbond substituents is 1. The summed E-state index contributed by atoms with van der Waals surface area (Å²) in [5.41, 5.74) is 3.48. The summed E-state index contributed by atoms with van der Waals surface area (Å²) >= 11 is 0. The van der Waals surface area contributed by atoms with Crippen LogP contribution in [-0.4, -0.2) is 16.0 Å². The topological polar surface area (TPSA) is 52.8 Å². The van der Waals surface area contributed by atoms with E-state index >= 15 is 0 Å². The van der Waals surface area contributed by atoms with Gasteiger partial charge < -0.3 is 10.3 Å². The van der Waals surface area contributed by atoms with Gasteiger partial charge in [-0.1, -0.05) is 100.0 Å². The fourth-order valence-electron chi connectivity index (χ4n) is 3.54. The van der Waals surface area contributed by atoms with Crippen molar-refractivity contribution in [3.8, 4) is 5.75 Å². The van der Waals surface area contributed by atoms with Gasteiger partial charge in [-0.25, -0.2) is 0 Å². The second-order valence-electron chi connectivity index (χ2n) is 7.34. The number of phenols is 1. The Hall–Kier alpha value is -2.29. The molecule has 1 atom stereocenters. The van der Waals surface area contributed by atoms with Crippen LogP contribution < -0.4 is 0 Å². The second-order valence-corrected chi connectivity index (χ2v) is 7.34. The predicted octanol–water partition coefficient (Wildman–Crippen LogP) is 6.67. The number of rotatable bonds is 11. The molecule has 0 saturated carbocycles. The van der Waals surface area contributed by atoms with E-state index in [0.29, 0.717) is 5.71 Å². The van der Waals surface area contributed by atoms with E-state index in [1.54, 1.807) is 6.07 Å². The van der Waals surface area contributed by atoms with E-state index in [1.807, 2.05) is 43.3 Å². The van der Waals surface area contributed by atoms with Crippen molar-refractivity contribution in [3.05, 3.63) is 65.2 Å². The molecule has 2 N–H and O–H groups in total. The van der Waals surface area contributed by atoms with Gasteiger partial charge in [-0.15, -0.1) is 0 Å². The highest BCUT2D eigenvalue weighted by Gasteiger charge is 2.19. The molecule has 0 fully saturated rings. The fraction of sp³-hybridized carbons (Fsp3) is 0.458. The maximum atomic E-state index is 10.4. The van der Waals surface area contributed by atoms with Crippen molar-refractivity contribution in [2.24, 2.45) is 5.16 Å². The lowest BCUT2D eigenvalue weighted by molar-refractivity contribution is 0.317. The van der Waals surface area contributed by atoms with Crippen LogP contribution in [0.1, 0.15) is 81.4 Å². The molecule has 146 valence electrons. The molecule has 0 bridgehead atoms. The van der Waals surface area contributed by atoms with Gasteiger partial charge >= 0.3 is 0 Å². The number of nitrogens with zero attached hydrogens (tertiary/aromatic N) is 1. The van der Waals surface area contributed by atoms with Crippen LogP contribution in [0.5, 0.6) is 5.75 Å². The molecule has 3 heteroatoms. The van der Waals surface area contributed by atoms with Crippen molar-refractivity contribution in [3.63, 3.8) is 0 Å². The molecule has 0 aliphatic heterocycles. The lowest BCUT2D eigenvalue weighted by atomic mass is 9.89. The van der Waals surface area contributed by atoms with Gasteiger partial charge in [0.1, 0.15) is 5.75 Å². The third-order valence-electron chi connectivity index (χ3n) is 5.21. The summed E-state index contributed by atoms with van der Waals surface area (Å²) in [6.45, 7) is 4.21. The molecule has 0 spiro atoms. The van der Waals surface area contributed by atoms with Gasteiger partial charge in [-0.2, -0.15) is 0 Å². The largest absolute Gasteiger partial charge is 0.508 e. The molecule has 3 nitrogen and oxygen atoms in total. The number of aryl methyl sites for hydroxylation is 1. The summed E-state index contributed by atoms with van der Waals surface area (Å²) in [5, 5.41) is 23.4. The zero-order chi connectivity index (χ0) is 19.5. The SMILES string of the molecule is CCCCCCCCCc1ccc(O)c(C(C)C(=NO)c2ccccc2)c1. The van der Waals surface area contributed by atoms with Crippen LogP contribution in [0.25, 0.3) is 0 Å². The molecule has 2 aromatic rings. The Balaban J connectivity index is 1.99. The molecule has 1 unspecified atom stereocenters. The van der Waals surface area contributed by atoms with Crippen LogP contribution in [0.2, 0.25) is 0 Å². The van der Waals surface area contributed by atoms with Crippen LogP contribution in [0, 0.1) is 0 Å². The van der Waals surface area contributed by atoms with Gasteiger partial charge in [0.15, 0.2) is 0 Å². The summed E-state index contributed by atoms with van der Waals surface area (Å²) < 4.78 is 0. The van der Waals surface area contributed by atoms with Gasteiger partial charge in [0, 0.05) is 11.5 Å². The number of aromatic hydroxyl groups is 1. The molecule has 0 aromatic heterocycles. The smallest absolute Gasteiger partial charge is 0.119 e. The van der Waals surface area contributed by atoms with Crippen LogP contribution in [-0.2, 0) is 6.42 Å². The van der Waals surface area contributed by atoms with Gasteiger partial charge in [0.25, 0.3) is 0 Å². The third-order valence-corrected chi connectivity index (χ3v) is 5.21. The Bertz CT molecular complexity index is 710. The number of hydrogen-bond donors (Lipinski definition) is 2. The highest BCUT2D eigenvalue weighted by Crippen LogP contribution is 2.30. The molecule has 27 heavy (non-hydrogen) atoms. The normalized spacial score (nSPS) is 12.9. The number of benzene rings is 2. The summed E-state index contributed by atoms with van der Waals surface area (Å²) in [6, 6.07) is 15.4. The van der Waals surface area contributed by atoms with E-state index in [9.17, 15) is 10.3 Å². The van der Waals surface area contributed by atoms with E-state index in [0.717, 1.165) is 17.5 Å². The van der Waals surface area contributed by atoms with Crippen molar-refractivity contribution in [1.82, 2.24) is 0 Å². The zero-order valence-corrected chi connectivity index (χ0v) is 16.7. The van der Waals surface area contributed by atoms with Crippen molar-refractivity contribution in [2.45, 2.75) is 71.1 Å². The van der Waals surface area contributed by atoms with Crippen molar-refractivity contribution in [1.29, 1.82) is 0 Å². The Morgan fingerprint density at radius 2 is 1.59 bits per heavy atom. The maximum absolute atomic E-state index is 10.4. The lowest BCUT2D eigenvalue weighted by Crippen LogP contribution is -2.12. The van der Waals surface area contributed by atoms with Crippen LogP contribution in [0.3, 0.4) is 0 Å². The maximum Gasteiger partial charge on any atom is 0.119 e. The minimum atomic E-state index is -0.189. The average Bonchev–Trinajstić information content (AvgIpc) is 2.69. The zero-order valence-electron chi connectivity index (χ0n) is 16.7. The monoisotopic (exact) mass is 367 g/mol. The molecule has 2 rings (SSSR count). The van der Waals surface area contributed by atoms with E-state index in [1.165, 1.54) is 50.5 Å². The first-order valence-electron chi connectivity index (χ1n) is 10.3. The predicted molar refractivity (Wildman–Crippen MR) is 113 cm³/mol. The molecule has 0 aliphatic carbocycles. The summed E-state index contributed by atoms with van der Waals surface area (Å²) in [7, 11) is 0. The van der Waals surface area contributed by atoms with Crippen LogP contribution in [0.4, 0.5) is 0 Å².